The van der Waals surface area contributed by atoms with Crippen LogP contribution in [0.15, 0.2) is 51.5 Å². The lowest BCUT2D eigenvalue weighted by molar-refractivity contribution is 0.0963. The van der Waals surface area contributed by atoms with Gasteiger partial charge in [-0.25, -0.2) is 14.2 Å². The number of pyridine rings is 1. The Balaban J connectivity index is 1.74. The number of aromatic nitrogens is 1. The Bertz CT molecular complexity index is 1240. The predicted molar refractivity (Wildman–Crippen MR) is 124 cm³/mol. The van der Waals surface area contributed by atoms with E-state index in [1.807, 2.05) is 11.4 Å². The monoisotopic (exact) mass is 600 g/mol. The van der Waals surface area contributed by atoms with Crippen molar-refractivity contribution < 1.29 is 18.7 Å². The minimum Gasteiger partial charge on any atom is -0.435 e. The summed E-state index contributed by atoms with van der Waals surface area (Å²) < 4.78 is 20.4. The number of hydrogen-bond donors (Lipinski definition) is 2. The van der Waals surface area contributed by atoms with Gasteiger partial charge in [0.1, 0.15) is 16.9 Å². The van der Waals surface area contributed by atoms with Crippen LogP contribution < -0.4 is 15.4 Å². The van der Waals surface area contributed by atoms with E-state index < -0.39 is 23.3 Å². The molecule has 2 N–H and O–H groups in total. The molecule has 1 heterocycles. The summed E-state index contributed by atoms with van der Waals surface area (Å²) in [5, 5.41) is 13.4. The van der Waals surface area contributed by atoms with Gasteiger partial charge in [0.15, 0.2) is 5.75 Å². The normalized spacial score (nSPS) is 10.2. The Morgan fingerprint density at radius 3 is 2.41 bits per heavy atom. The quantitative estimate of drug-likeness (QED) is 0.347. The van der Waals surface area contributed by atoms with Crippen LogP contribution in [0.1, 0.15) is 15.9 Å². The second kappa shape index (κ2) is 10.3. The van der Waals surface area contributed by atoms with Crippen molar-refractivity contribution in [2.45, 2.75) is 0 Å². The lowest BCUT2D eigenvalue weighted by atomic mass is 10.2. The number of halogens is 5. The molecule has 3 aromatic rings. The van der Waals surface area contributed by atoms with E-state index in [0.717, 1.165) is 6.07 Å². The molecule has 12 heteroatoms. The van der Waals surface area contributed by atoms with Crippen LogP contribution >= 0.6 is 55.1 Å². The van der Waals surface area contributed by atoms with Crippen LogP contribution in [0, 0.1) is 17.1 Å². The molecule has 0 fully saturated rings. The Labute approximate surface area is 207 Å². The number of benzene rings is 2. The highest BCUT2D eigenvalue weighted by Gasteiger charge is 2.19. The van der Waals surface area contributed by atoms with Crippen molar-refractivity contribution in [3.8, 4) is 17.7 Å². The number of amides is 3. The Hall–Kier alpha value is -2.71. The van der Waals surface area contributed by atoms with E-state index in [9.17, 15) is 14.0 Å². The van der Waals surface area contributed by atoms with Crippen LogP contribution in [-0.4, -0.2) is 16.9 Å². The van der Waals surface area contributed by atoms with Gasteiger partial charge in [-0.1, -0.05) is 29.3 Å². The second-order valence-corrected chi connectivity index (χ2v) is 8.52. The maximum Gasteiger partial charge on any atom is 0.326 e. The number of nitrogens with one attached hydrogen (secondary N) is 2. The van der Waals surface area contributed by atoms with E-state index in [4.69, 9.17) is 33.2 Å². The van der Waals surface area contributed by atoms with Crippen molar-refractivity contribution >= 4 is 72.7 Å². The topological polar surface area (TPSA) is 104 Å². The van der Waals surface area contributed by atoms with Crippen molar-refractivity contribution in [3.63, 3.8) is 0 Å². The zero-order valence-corrected chi connectivity index (χ0v) is 20.2. The molecule has 32 heavy (non-hydrogen) atoms. The summed E-state index contributed by atoms with van der Waals surface area (Å²) in [7, 11) is 0. The maximum atomic E-state index is 13.8. The number of nitriles is 1. The minimum absolute atomic E-state index is 0.0675. The number of carbonyl (C=O) groups excluding carboxylic acids is 2. The fraction of sp³-hybridized carbons (Fsp3) is 0. The van der Waals surface area contributed by atoms with Crippen LogP contribution in [0.3, 0.4) is 0 Å². The molecule has 0 saturated carbocycles. The highest BCUT2D eigenvalue weighted by atomic mass is 79.9. The molecule has 0 saturated heterocycles. The summed E-state index contributed by atoms with van der Waals surface area (Å²) in [5.74, 6) is -1.49. The molecular weight excluding hydrogens is 594 g/mol. The van der Waals surface area contributed by atoms with Gasteiger partial charge in [0.25, 0.3) is 5.91 Å². The number of anilines is 1. The summed E-state index contributed by atoms with van der Waals surface area (Å²) in [5.41, 5.74) is 0.111. The van der Waals surface area contributed by atoms with Gasteiger partial charge in [-0.3, -0.25) is 10.1 Å². The first-order chi connectivity index (χ1) is 15.2. The van der Waals surface area contributed by atoms with E-state index in [1.54, 1.807) is 0 Å². The van der Waals surface area contributed by atoms with Crippen molar-refractivity contribution in [2.24, 2.45) is 0 Å². The predicted octanol–water partition coefficient (Wildman–Crippen LogP) is 6.68. The molecule has 0 bridgehead atoms. The molecule has 3 rings (SSSR count). The van der Waals surface area contributed by atoms with Crippen LogP contribution in [0.2, 0.25) is 10.0 Å². The molecule has 0 aliphatic rings. The first-order valence-corrected chi connectivity index (χ1v) is 10.8. The summed E-state index contributed by atoms with van der Waals surface area (Å²) in [6, 6.07) is 9.15. The third-order valence-corrected chi connectivity index (χ3v) is 5.57. The summed E-state index contributed by atoms with van der Waals surface area (Å²) in [6.07, 6.45) is 1.31. The third kappa shape index (κ3) is 5.55. The van der Waals surface area contributed by atoms with Crippen LogP contribution in [-0.2, 0) is 0 Å². The largest absolute Gasteiger partial charge is 0.435 e. The van der Waals surface area contributed by atoms with E-state index in [1.165, 1.54) is 36.5 Å². The number of imide groups is 1. The van der Waals surface area contributed by atoms with Gasteiger partial charge >= 0.3 is 6.03 Å². The van der Waals surface area contributed by atoms with Gasteiger partial charge < -0.3 is 10.1 Å². The zero-order chi connectivity index (χ0) is 23.4. The molecule has 7 nitrogen and oxygen atoms in total. The molecule has 0 unspecified atom stereocenters. The highest BCUT2D eigenvalue weighted by Crippen LogP contribution is 2.40. The van der Waals surface area contributed by atoms with Crippen molar-refractivity contribution in [3.05, 3.63) is 78.5 Å². The fourth-order valence-electron chi connectivity index (χ4n) is 2.43. The van der Waals surface area contributed by atoms with Gasteiger partial charge in [-0.2, -0.15) is 5.26 Å². The van der Waals surface area contributed by atoms with E-state index in [-0.39, 0.29) is 27.2 Å². The molecular formula is C20H9Br2Cl2FN4O3. The van der Waals surface area contributed by atoms with Crippen molar-refractivity contribution in [1.82, 2.24) is 10.3 Å². The van der Waals surface area contributed by atoms with Gasteiger partial charge in [0.2, 0.25) is 5.88 Å². The molecule has 2 aromatic carbocycles. The number of ether oxygens (including phenoxy) is 1. The smallest absolute Gasteiger partial charge is 0.326 e. The van der Waals surface area contributed by atoms with Crippen molar-refractivity contribution in [1.29, 1.82) is 5.26 Å². The zero-order valence-electron chi connectivity index (χ0n) is 15.6. The summed E-state index contributed by atoms with van der Waals surface area (Å²) in [4.78, 5) is 28.4. The Morgan fingerprint density at radius 1 is 1.12 bits per heavy atom. The average molecular weight is 603 g/mol. The molecule has 0 radical (unpaired) electrons. The van der Waals surface area contributed by atoms with Gasteiger partial charge in [-0.15, -0.1) is 0 Å². The Kier molecular flexibility index (Phi) is 7.69. The van der Waals surface area contributed by atoms with Gasteiger partial charge in [-0.05, 0) is 62.2 Å². The fourth-order valence-corrected chi connectivity index (χ4v) is 4.23. The van der Waals surface area contributed by atoms with E-state index in [0.29, 0.717) is 14.7 Å². The molecule has 162 valence electrons. The van der Waals surface area contributed by atoms with Crippen LogP contribution in [0.5, 0.6) is 11.6 Å². The first-order valence-electron chi connectivity index (χ1n) is 8.48. The van der Waals surface area contributed by atoms with Crippen LogP contribution in [0.4, 0.5) is 14.9 Å². The van der Waals surface area contributed by atoms with E-state index in [2.05, 4.69) is 42.2 Å². The molecule has 0 aliphatic carbocycles. The maximum absolute atomic E-state index is 13.8. The standard InChI is InChI=1S/C20H9Br2Cl2FN4O3/c21-11-5-10(28-20(31)29-18(30)16-13(23)2-1-3-15(16)25)6-12(22)17(11)32-19-14(24)4-9(7-26)8-27-19/h1-6,8H,(H2,28,29,30,31). The van der Waals surface area contributed by atoms with Gasteiger partial charge in [0.05, 0.1) is 25.1 Å². The number of urea groups is 1. The number of nitrogens with zero attached hydrogens (tertiary/aromatic N) is 2. The first kappa shape index (κ1) is 23.9. The summed E-state index contributed by atoms with van der Waals surface area (Å²) >= 11 is 18.6. The molecule has 1 aromatic heterocycles. The molecule has 0 atom stereocenters. The molecule has 0 spiro atoms. The number of hydrogen-bond acceptors (Lipinski definition) is 5. The molecule has 0 aliphatic heterocycles. The third-order valence-electron chi connectivity index (χ3n) is 3.81. The number of rotatable bonds is 4. The lowest BCUT2D eigenvalue weighted by Crippen LogP contribution is -2.35. The van der Waals surface area contributed by atoms with E-state index >= 15 is 0 Å². The Morgan fingerprint density at radius 2 is 1.81 bits per heavy atom. The van der Waals surface area contributed by atoms with Crippen LogP contribution in [0.25, 0.3) is 0 Å². The lowest BCUT2D eigenvalue weighted by Gasteiger charge is -2.13. The second-order valence-electron chi connectivity index (χ2n) is 6.00. The minimum atomic E-state index is -0.995. The summed E-state index contributed by atoms with van der Waals surface area (Å²) in [6.45, 7) is 0. The number of carbonyl (C=O) groups is 2. The SMILES string of the molecule is N#Cc1cnc(Oc2c(Br)cc(NC(=O)NC(=O)c3c(F)cccc3Cl)cc2Br)c(Cl)c1. The van der Waals surface area contributed by atoms with Gasteiger partial charge in [0, 0.05) is 11.9 Å². The van der Waals surface area contributed by atoms with Crippen molar-refractivity contribution in [2.75, 3.05) is 5.32 Å². The highest BCUT2D eigenvalue weighted by molar-refractivity contribution is 9.11. The average Bonchev–Trinajstić information content (AvgIpc) is 2.71. The molecule has 3 amide bonds.